The number of fused-ring (bicyclic) bond motifs is 4. The van der Waals surface area contributed by atoms with Gasteiger partial charge < -0.3 is 10.6 Å². The number of hydrogen-bond acceptors (Lipinski definition) is 4. The average Bonchev–Trinajstić information content (AvgIpc) is 3.05. The minimum Gasteiger partial charge on any atom is -0.354 e. The van der Waals surface area contributed by atoms with Crippen LogP contribution >= 0.6 is 0 Å². The van der Waals surface area contributed by atoms with Gasteiger partial charge in [-0.15, -0.1) is 0 Å². The van der Waals surface area contributed by atoms with Gasteiger partial charge in [0.25, 0.3) is 0 Å². The number of hydrogen-bond donors (Lipinski definition) is 2. The number of para-hydroxylation sites is 2. The van der Waals surface area contributed by atoms with E-state index in [0.717, 1.165) is 67.1 Å². The summed E-state index contributed by atoms with van der Waals surface area (Å²) >= 11 is 0. The van der Waals surface area contributed by atoms with Gasteiger partial charge in [0, 0.05) is 35.0 Å². The summed E-state index contributed by atoms with van der Waals surface area (Å²) in [5.74, 6) is 0. The zero-order valence-electron chi connectivity index (χ0n) is 24.6. The summed E-state index contributed by atoms with van der Waals surface area (Å²) in [6.45, 7) is 4.17. The molecule has 4 aromatic carbocycles. The van der Waals surface area contributed by atoms with Crippen LogP contribution in [0.3, 0.4) is 0 Å². The molecule has 1 aliphatic heterocycles. The summed E-state index contributed by atoms with van der Waals surface area (Å²) in [4.78, 5) is 10.0. The highest BCUT2D eigenvalue weighted by molar-refractivity contribution is 6.03. The van der Waals surface area contributed by atoms with Gasteiger partial charge in [0.1, 0.15) is 12.4 Å². The first-order chi connectivity index (χ1) is 21.6. The summed E-state index contributed by atoms with van der Waals surface area (Å²) < 4.78 is 4.29. The van der Waals surface area contributed by atoms with E-state index >= 15 is 0 Å². The molecule has 1 aliphatic rings. The molecule has 3 heterocycles. The van der Waals surface area contributed by atoms with Crippen LogP contribution in [0.5, 0.6) is 0 Å². The van der Waals surface area contributed by atoms with Crippen molar-refractivity contribution in [2.75, 3.05) is 10.6 Å². The highest BCUT2D eigenvalue weighted by Crippen LogP contribution is 2.29. The van der Waals surface area contributed by atoms with E-state index in [4.69, 9.17) is 9.98 Å². The third kappa shape index (κ3) is 5.49. The molecule has 6 aromatic rings. The second-order valence-corrected chi connectivity index (χ2v) is 10.9. The van der Waals surface area contributed by atoms with Crippen molar-refractivity contribution in [3.8, 4) is 0 Å². The fourth-order valence-electron chi connectivity index (χ4n) is 5.43. The number of rotatable bonds is 2. The minimum atomic E-state index is 0.825. The highest BCUT2D eigenvalue weighted by Gasteiger charge is 2.17. The predicted molar refractivity (Wildman–Crippen MR) is 183 cm³/mol. The van der Waals surface area contributed by atoms with E-state index in [-0.39, 0.29) is 0 Å². The molecule has 0 radical (unpaired) electrons. The van der Waals surface area contributed by atoms with Crippen LogP contribution in [0.25, 0.3) is 33.2 Å². The fraction of sp³-hybridized carbons (Fsp3) is 0.0526. The molecule has 0 saturated heterocycles. The third-order valence-corrected chi connectivity index (χ3v) is 7.70. The monoisotopic (exact) mass is 572 g/mol. The van der Waals surface area contributed by atoms with Gasteiger partial charge in [-0.1, -0.05) is 36.4 Å². The van der Waals surface area contributed by atoms with Gasteiger partial charge in [0.2, 0.25) is 22.4 Å². The first-order valence-corrected chi connectivity index (χ1v) is 14.6. The van der Waals surface area contributed by atoms with Crippen LogP contribution in [-0.2, 0) is 0 Å². The normalized spacial score (nSPS) is 15.6. The van der Waals surface area contributed by atoms with Crippen molar-refractivity contribution in [1.29, 1.82) is 0 Å². The van der Waals surface area contributed by atoms with E-state index in [9.17, 15) is 0 Å². The SMILES string of the molecule is Cc1ccc2c(c1)N=C/C([n+]1cccc3ccccc31)=C\Nc1cc(C)ccc1N=C/C([n+]1cccc3ccccc31)=C\N2. The van der Waals surface area contributed by atoms with Crippen molar-refractivity contribution in [2.24, 2.45) is 9.98 Å². The molecule has 6 heteroatoms. The van der Waals surface area contributed by atoms with Gasteiger partial charge in [-0.05, 0) is 73.5 Å². The molecule has 0 spiro atoms. The van der Waals surface area contributed by atoms with Gasteiger partial charge >= 0.3 is 0 Å². The molecular weight excluding hydrogens is 540 g/mol. The Balaban J connectivity index is 1.42. The molecule has 0 unspecified atom stereocenters. The third-order valence-electron chi connectivity index (χ3n) is 7.70. The molecular formula is C38H32N6+2. The molecule has 2 aromatic heterocycles. The van der Waals surface area contributed by atoms with E-state index in [1.165, 1.54) is 0 Å². The lowest BCUT2D eigenvalue weighted by molar-refractivity contribution is -0.546. The molecule has 2 N–H and O–H groups in total. The minimum absolute atomic E-state index is 0.825. The number of nitrogens with one attached hydrogen (secondary N) is 2. The summed E-state index contributed by atoms with van der Waals surface area (Å²) in [5.41, 5.74) is 9.64. The van der Waals surface area contributed by atoms with E-state index in [1.54, 1.807) is 0 Å². The first-order valence-electron chi connectivity index (χ1n) is 14.6. The number of nitrogens with zero attached hydrogens (tertiary/aromatic N) is 4. The maximum Gasteiger partial charge on any atom is 0.245 e. The lowest BCUT2D eigenvalue weighted by Gasteiger charge is -2.10. The maximum absolute atomic E-state index is 5.04. The zero-order chi connectivity index (χ0) is 29.9. The number of aromatic nitrogens is 2. The van der Waals surface area contributed by atoms with Crippen LogP contribution in [0.4, 0.5) is 22.7 Å². The molecule has 0 fully saturated rings. The summed E-state index contributed by atoms with van der Waals surface area (Å²) in [5, 5.41) is 9.39. The number of aryl methyl sites for hydroxylation is 2. The van der Waals surface area contributed by atoms with Crippen LogP contribution in [0, 0.1) is 13.8 Å². The van der Waals surface area contributed by atoms with Gasteiger partial charge in [-0.2, -0.15) is 9.13 Å². The van der Waals surface area contributed by atoms with Crippen molar-refractivity contribution in [2.45, 2.75) is 13.8 Å². The molecule has 0 atom stereocenters. The molecule has 6 nitrogen and oxygen atoms in total. The molecule has 7 rings (SSSR count). The maximum atomic E-state index is 5.04. The topological polar surface area (TPSA) is 56.5 Å². The standard InChI is InChI=1S/C38H32N6/c1-27-15-17-33-35(21-27)41-25-32(44-20-8-12-30-10-4-6-14-38(30)44)26-42-36-22-28(2)16-18-34(36)40-24-31(23-39-33)43-19-7-11-29-9-3-5-13-37(29)43/h3-26,39,42H,1-2H3/q+2/b31-23+,32-26+,40-24?,41-25?. The summed E-state index contributed by atoms with van der Waals surface area (Å²) in [7, 11) is 0. The Bertz CT molecular complexity index is 2140. The summed E-state index contributed by atoms with van der Waals surface area (Å²) in [6, 6.07) is 37.5. The average molecular weight is 573 g/mol. The number of aliphatic imine (C=N–C) groups is 2. The number of anilines is 2. The molecule has 0 amide bonds. The summed E-state index contributed by atoms with van der Waals surface area (Å²) in [6.07, 6.45) is 11.9. The molecule has 0 aliphatic carbocycles. The zero-order valence-corrected chi connectivity index (χ0v) is 24.6. The lowest BCUT2D eigenvalue weighted by Crippen LogP contribution is -2.34. The smallest absolute Gasteiger partial charge is 0.245 e. The quantitative estimate of drug-likeness (QED) is 0.206. The molecule has 44 heavy (non-hydrogen) atoms. The Kier molecular flexibility index (Phi) is 7.22. The van der Waals surface area contributed by atoms with Crippen molar-refractivity contribution < 1.29 is 9.13 Å². The van der Waals surface area contributed by atoms with Crippen LogP contribution in [-0.4, -0.2) is 12.4 Å². The van der Waals surface area contributed by atoms with Gasteiger partial charge in [0.05, 0.1) is 35.1 Å². The van der Waals surface area contributed by atoms with E-state index in [0.29, 0.717) is 0 Å². The highest BCUT2D eigenvalue weighted by atomic mass is 15.0. The van der Waals surface area contributed by atoms with Crippen LogP contribution in [0.15, 0.2) is 144 Å². The fourth-order valence-corrected chi connectivity index (χ4v) is 5.43. The number of allylic oxidation sites excluding steroid dienone is 2. The van der Waals surface area contributed by atoms with E-state index < -0.39 is 0 Å². The van der Waals surface area contributed by atoms with Crippen molar-refractivity contribution in [1.82, 2.24) is 0 Å². The Morgan fingerprint density at radius 1 is 0.500 bits per heavy atom. The second-order valence-electron chi connectivity index (χ2n) is 10.9. The van der Waals surface area contributed by atoms with Crippen LogP contribution in [0.1, 0.15) is 11.1 Å². The predicted octanol–water partition coefficient (Wildman–Crippen LogP) is 8.12. The Labute approximate surface area is 256 Å². The molecule has 0 bridgehead atoms. The Morgan fingerprint density at radius 3 is 1.68 bits per heavy atom. The number of pyridine rings is 2. The first kappa shape index (κ1) is 27.0. The Hall–Kier alpha value is -5.88. The largest absolute Gasteiger partial charge is 0.354 e. The van der Waals surface area contributed by atoms with E-state index in [1.807, 2.05) is 30.9 Å². The van der Waals surface area contributed by atoms with E-state index in [2.05, 4.69) is 149 Å². The van der Waals surface area contributed by atoms with Crippen LogP contribution in [0.2, 0.25) is 0 Å². The van der Waals surface area contributed by atoms with Gasteiger partial charge in [-0.25, -0.2) is 9.98 Å². The van der Waals surface area contributed by atoms with Gasteiger partial charge in [0.15, 0.2) is 12.4 Å². The van der Waals surface area contributed by atoms with Crippen LogP contribution < -0.4 is 19.8 Å². The van der Waals surface area contributed by atoms with Crippen molar-refractivity contribution in [3.05, 3.63) is 145 Å². The lowest BCUT2D eigenvalue weighted by atomic mass is 10.2. The number of benzene rings is 4. The molecule has 212 valence electrons. The van der Waals surface area contributed by atoms with Crippen molar-refractivity contribution >= 4 is 68.4 Å². The second kappa shape index (κ2) is 11.8. The molecule has 0 saturated carbocycles. The van der Waals surface area contributed by atoms with Gasteiger partial charge in [-0.3, -0.25) is 0 Å². The van der Waals surface area contributed by atoms with Crippen molar-refractivity contribution in [3.63, 3.8) is 0 Å². The Morgan fingerprint density at radius 2 is 1.02 bits per heavy atom.